The fourth-order valence-corrected chi connectivity index (χ4v) is 1.69. The fourth-order valence-electron chi connectivity index (χ4n) is 1.54. The minimum atomic E-state index is -0.0748. The SMILES string of the molecule is Cc1nn(CCn2cc(N)ccc2=O)cc1Cl. The second kappa shape index (κ2) is 4.63. The van der Waals surface area contributed by atoms with Crippen molar-refractivity contribution in [3.05, 3.63) is 45.6 Å². The predicted octanol–water partition coefficient (Wildman–Crippen LogP) is 1.29. The lowest BCUT2D eigenvalue weighted by Crippen LogP contribution is -2.21. The molecule has 2 rings (SSSR count). The molecule has 0 aliphatic rings. The summed E-state index contributed by atoms with van der Waals surface area (Å²) in [6.07, 6.45) is 3.37. The lowest BCUT2D eigenvalue weighted by molar-refractivity contribution is 0.522. The van der Waals surface area contributed by atoms with Gasteiger partial charge in [0.25, 0.3) is 5.56 Å². The number of aromatic nitrogens is 3. The van der Waals surface area contributed by atoms with E-state index in [0.717, 1.165) is 5.69 Å². The molecule has 0 bridgehead atoms. The monoisotopic (exact) mass is 252 g/mol. The minimum Gasteiger partial charge on any atom is -0.398 e. The van der Waals surface area contributed by atoms with Crippen LogP contribution in [0.4, 0.5) is 5.69 Å². The number of halogens is 1. The van der Waals surface area contributed by atoms with Gasteiger partial charge in [0.1, 0.15) is 0 Å². The zero-order valence-electron chi connectivity index (χ0n) is 9.43. The summed E-state index contributed by atoms with van der Waals surface area (Å²) in [6, 6.07) is 3.05. The molecule has 0 aliphatic carbocycles. The van der Waals surface area contributed by atoms with E-state index >= 15 is 0 Å². The van der Waals surface area contributed by atoms with Gasteiger partial charge in [-0.15, -0.1) is 0 Å². The molecule has 0 amide bonds. The van der Waals surface area contributed by atoms with Crippen LogP contribution in [0.2, 0.25) is 5.02 Å². The lowest BCUT2D eigenvalue weighted by Gasteiger charge is -2.06. The lowest BCUT2D eigenvalue weighted by atomic mass is 10.4. The Kier molecular flexibility index (Phi) is 3.19. The summed E-state index contributed by atoms with van der Waals surface area (Å²) in [6.45, 7) is 2.93. The summed E-state index contributed by atoms with van der Waals surface area (Å²) in [5.74, 6) is 0. The maximum Gasteiger partial charge on any atom is 0.250 e. The van der Waals surface area contributed by atoms with Gasteiger partial charge in [0.05, 0.1) is 17.3 Å². The highest BCUT2D eigenvalue weighted by Crippen LogP contribution is 2.11. The molecule has 17 heavy (non-hydrogen) atoms. The number of hydrogen-bond acceptors (Lipinski definition) is 3. The molecule has 0 saturated carbocycles. The molecule has 5 nitrogen and oxygen atoms in total. The molecule has 2 aromatic heterocycles. The van der Waals surface area contributed by atoms with Gasteiger partial charge < -0.3 is 10.3 Å². The molecule has 0 aliphatic heterocycles. The van der Waals surface area contributed by atoms with Crippen LogP contribution in [0, 0.1) is 6.92 Å². The summed E-state index contributed by atoms with van der Waals surface area (Å²) in [4.78, 5) is 11.5. The first-order valence-corrected chi connectivity index (χ1v) is 5.59. The Morgan fingerprint density at radius 1 is 1.35 bits per heavy atom. The van der Waals surface area contributed by atoms with Crippen LogP contribution in [-0.4, -0.2) is 14.3 Å². The summed E-state index contributed by atoms with van der Waals surface area (Å²) in [5, 5.41) is 4.85. The van der Waals surface area contributed by atoms with E-state index in [2.05, 4.69) is 5.10 Å². The van der Waals surface area contributed by atoms with Gasteiger partial charge in [-0.25, -0.2) is 0 Å². The molecule has 0 aromatic carbocycles. The van der Waals surface area contributed by atoms with Gasteiger partial charge in [0.15, 0.2) is 0 Å². The van der Waals surface area contributed by atoms with E-state index in [4.69, 9.17) is 17.3 Å². The molecule has 0 unspecified atom stereocenters. The molecule has 2 aromatic rings. The number of nitrogen functional groups attached to an aromatic ring is 1. The number of nitrogens with zero attached hydrogens (tertiary/aromatic N) is 3. The molecule has 0 radical (unpaired) electrons. The molecule has 2 heterocycles. The van der Waals surface area contributed by atoms with Crippen LogP contribution in [0.5, 0.6) is 0 Å². The quantitative estimate of drug-likeness (QED) is 0.895. The van der Waals surface area contributed by atoms with Gasteiger partial charge in [0.2, 0.25) is 0 Å². The Morgan fingerprint density at radius 3 is 2.76 bits per heavy atom. The van der Waals surface area contributed by atoms with Crippen molar-refractivity contribution in [1.29, 1.82) is 0 Å². The van der Waals surface area contributed by atoms with Crippen molar-refractivity contribution < 1.29 is 0 Å². The first-order valence-electron chi connectivity index (χ1n) is 5.22. The van der Waals surface area contributed by atoms with Gasteiger partial charge >= 0.3 is 0 Å². The average molecular weight is 253 g/mol. The van der Waals surface area contributed by atoms with E-state index < -0.39 is 0 Å². The number of pyridine rings is 1. The number of rotatable bonds is 3. The zero-order valence-corrected chi connectivity index (χ0v) is 10.2. The van der Waals surface area contributed by atoms with Crippen LogP contribution < -0.4 is 11.3 Å². The Hall–Kier alpha value is -1.75. The van der Waals surface area contributed by atoms with E-state index in [0.29, 0.717) is 23.8 Å². The maximum absolute atomic E-state index is 11.5. The number of hydrogen-bond donors (Lipinski definition) is 1. The van der Waals surface area contributed by atoms with E-state index in [1.165, 1.54) is 6.07 Å². The smallest absolute Gasteiger partial charge is 0.250 e. The topological polar surface area (TPSA) is 65.8 Å². The molecule has 90 valence electrons. The highest BCUT2D eigenvalue weighted by Gasteiger charge is 2.02. The maximum atomic E-state index is 11.5. The van der Waals surface area contributed by atoms with E-state index in [1.807, 2.05) is 6.92 Å². The molecular formula is C11H13ClN4O. The van der Waals surface area contributed by atoms with Crippen molar-refractivity contribution in [2.75, 3.05) is 5.73 Å². The van der Waals surface area contributed by atoms with Gasteiger partial charge in [-0.1, -0.05) is 11.6 Å². The van der Waals surface area contributed by atoms with Crippen molar-refractivity contribution in [3.8, 4) is 0 Å². The van der Waals surface area contributed by atoms with E-state index in [9.17, 15) is 4.79 Å². The predicted molar refractivity (Wildman–Crippen MR) is 67.1 cm³/mol. The third-order valence-corrected chi connectivity index (χ3v) is 2.83. The standard InChI is InChI=1S/C11H13ClN4O/c1-8-10(12)7-16(14-8)5-4-15-6-9(13)2-3-11(15)17/h2-3,6-7H,4-5,13H2,1H3. The molecule has 6 heteroatoms. The van der Waals surface area contributed by atoms with Crippen molar-refractivity contribution in [3.63, 3.8) is 0 Å². The number of anilines is 1. The van der Waals surface area contributed by atoms with Crippen LogP contribution in [0.1, 0.15) is 5.69 Å². The third-order valence-electron chi connectivity index (χ3n) is 2.46. The van der Waals surface area contributed by atoms with Crippen LogP contribution in [0.25, 0.3) is 0 Å². The molecule has 0 saturated heterocycles. The average Bonchev–Trinajstić information content (AvgIpc) is 2.60. The largest absolute Gasteiger partial charge is 0.398 e. The van der Waals surface area contributed by atoms with Crippen LogP contribution in [0.3, 0.4) is 0 Å². The number of nitrogens with two attached hydrogens (primary N) is 1. The van der Waals surface area contributed by atoms with Gasteiger partial charge in [0, 0.05) is 30.7 Å². The van der Waals surface area contributed by atoms with E-state index in [-0.39, 0.29) is 5.56 Å². The first kappa shape index (κ1) is 11.7. The Balaban J connectivity index is 2.12. The van der Waals surface area contributed by atoms with Crippen molar-refractivity contribution in [1.82, 2.24) is 14.3 Å². The van der Waals surface area contributed by atoms with Crippen LogP contribution in [0.15, 0.2) is 29.3 Å². The molecule has 0 atom stereocenters. The Morgan fingerprint density at radius 2 is 2.12 bits per heavy atom. The summed E-state index contributed by atoms with van der Waals surface area (Å²) < 4.78 is 3.27. The normalized spacial score (nSPS) is 10.7. The van der Waals surface area contributed by atoms with Gasteiger partial charge in [-0.2, -0.15) is 5.10 Å². The summed E-state index contributed by atoms with van der Waals surface area (Å²) in [5.41, 5.74) is 6.90. The minimum absolute atomic E-state index is 0.0748. The molecule has 0 spiro atoms. The van der Waals surface area contributed by atoms with Crippen LogP contribution >= 0.6 is 11.6 Å². The van der Waals surface area contributed by atoms with Gasteiger partial charge in [-0.05, 0) is 13.0 Å². The van der Waals surface area contributed by atoms with E-state index in [1.54, 1.807) is 27.7 Å². The molecular weight excluding hydrogens is 240 g/mol. The second-order valence-electron chi connectivity index (χ2n) is 3.82. The Labute approximate surface area is 103 Å². The Bertz CT molecular complexity index is 568. The first-order chi connectivity index (χ1) is 8.06. The van der Waals surface area contributed by atoms with Crippen molar-refractivity contribution in [2.24, 2.45) is 0 Å². The highest BCUT2D eigenvalue weighted by molar-refractivity contribution is 6.31. The summed E-state index contributed by atoms with van der Waals surface area (Å²) >= 11 is 5.90. The second-order valence-corrected chi connectivity index (χ2v) is 4.23. The van der Waals surface area contributed by atoms with Crippen molar-refractivity contribution >= 4 is 17.3 Å². The van der Waals surface area contributed by atoms with Crippen molar-refractivity contribution in [2.45, 2.75) is 20.0 Å². The molecule has 2 N–H and O–H groups in total. The highest BCUT2D eigenvalue weighted by atomic mass is 35.5. The van der Waals surface area contributed by atoms with Gasteiger partial charge in [-0.3, -0.25) is 9.48 Å². The number of aryl methyl sites for hydroxylation is 3. The molecule has 0 fully saturated rings. The fraction of sp³-hybridized carbons (Fsp3) is 0.273. The van der Waals surface area contributed by atoms with Crippen LogP contribution in [-0.2, 0) is 13.1 Å². The summed E-state index contributed by atoms with van der Waals surface area (Å²) in [7, 11) is 0. The third kappa shape index (κ3) is 2.68. The zero-order chi connectivity index (χ0) is 12.4.